The van der Waals surface area contributed by atoms with Crippen LogP contribution in [-0.2, 0) is 6.42 Å². The van der Waals surface area contributed by atoms with Gasteiger partial charge in [-0.25, -0.2) is 0 Å². The number of rotatable bonds is 4. The molecule has 0 fully saturated rings. The molecule has 1 aromatic rings. The van der Waals surface area contributed by atoms with E-state index in [4.69, 9.17) is 5.11 Å². The van der Waals surface area contributed by atoms with E-state index in [9.17, 15) is 0 Å². The SMILES string of the molecule is CCc1ccc(C(CC)CO)cc1. The predicted molar refractivity (Wildman–Crippen MR) is 55.9 cm³/mol. The van der Waals surface area contributed by atoms with Crippen LogP contribution in [0.5, 0.6) is 0 Å². The highest BCUT2D eigenvalue weighted by Gasteiger charge is 2.06. The van der Waals surface area contributed by atoms with Crippen molar-refractivity contribution in [1.29, 1.82) is 0 Å². The highest BCUT2D eigenvalue weighted by Crippen LogP contribution is 2.19. The topological polar surface area (TPSA) is 20.2 Å². The van der Waals surface area contributed by atoms with Gasteiger partial charge in [-0.3, -0.25) is 0 Å². The van der Waals surface area contributed by atoms with Gasteiger partial charge in [0.2, 0.25) is 0 Å². The molecule has 0 aromatic heterocycles. The van der Waals surface area contributed by atoms with Crippen molar-refractivity contribution < 1.29 is 5.11 Å². The van der Waals surface area contributed by atoms with Gasteiger partial charge in [0.15, 0.2) is 0 Å². The van der Waals surface area contributed by atoms with E-state index >= 15 is 0 Å². The van der Waals surface area contributed by atoms with Crippen LogP contribution in [0, 0.1) is 0 Å². The lowest BCUT2D eigenvalue weighted by molar-refractivity contribution is 0.262. The summed E-state index contributed by atoms with van der Waals surface area (Å²) >= 11 is 0. The van der Waals surface area contributed by atoms with Crippen LogP contribution in [0.25, 0.3) is 0 Å². The van der Waals surface area contributed by atoms with Crippen molar-refractivity contribution in [2.45, 2.75) is 32.6 Å². The fourth-order valence-electron chi connectivity index (χ4n) is 1.50. The van der Waals surface area contributed by atoms with E-state index in [0.717, 1.165) is 12.8 Å². The summed E-state index contributed by atoms with van der Waals surface area (Å²) in [6, 6.07) is 8.55. The minimum Gasteiger partial charge on any atom is -0.396 e. The molecular weight excluding hydrogens is 160 g/mol. The summed E-state index contributed by atoms with van der Waals surface area (Å²) in [5, 5.41) is 9.11. The summed E-state index contributed by atoms with van der Waals surface area (Å²) in [5.41, 5.74) is 2.61. The van der Waals surface area contributed by atoms with E-state index in [1.54, 1.807) is 0 Å². The number of hydrogen-bond donors (Lipinski definition) is 1. The average Bonchev–Trinajstić information content (AvgIpc) is 2.21. The second-order valence-electron chi connectivity index (χ2n) is 3.38. The normalized spacial score (nSPS) is 12.8. The number of hydrogen-bond acceptors (Lipinski definition) is 1. The Morgan fingerprint density at radius 2 is 1.77 bits per heavy atom. The van der Waals surface area contributed by atoms with Gasteiger partial charge >= 0.3 is 0 Å². The van der Waals surface area contributed by atoms with E-state index in [1.807, 2.05) is 0 Å². The first-order chi connectivity index (χ1) is 6.31. The minimum absolute atomic E-state index is 0.252. The van der Waals surface area contributed by atoms with Crippen molar-refractivity contribution in [3.63, 3.8) is 0 Å². The maximum absolute atomic E-state index is 9.11. The highest BCUT2D eigenvalue weighted by atomic mass is 16.3. The highest BCUT2D eigenvalue weighted by molar-refractivity contribution is 5.25. The van der Waals surface area contributed by atoms with Crippen LogP contribution in [0.2, 0.25) is 0 Å². The van der Waals surface area contributed by atoms with E-state index in [2.05, 4.69) is 38.1 Å². The number of aryl methyl sites for hydroxylation is 1. The zero-order valence-electron chi connectivity index (χ0n) is 8.46. The van der Waals surface area contributed by atoms with Gasteiger partial charge in [-0.15, -0.1) is 0 Å². The fraction of sp³-hybridized carbons (Fsp3) is 0.500. The van der Waals surface area contributed by atoms with E-state index in [-0.39, 0.29) is 6.61 Å². The van der Waals surface area contributed by atoms with Crippen molar-refractivity contribution >= 4 is 0 Å². The first-order valence-electron chi connectivity index (χ1n) is 5.01. The van der Waals surface area contributed by atoms with Gasteiger partial charge in [-0.05, 0) is 24.0 Å². The van der Waals surface area contributed by atoms with Crippen LogP contribution >= 0.6 is 0 Å². The number of benzene rings is 1. The lowest BCUT2D eigenvalue weighted by atomic mass is 9.96. The summed E-state index contributed by atoms with van der Waals surface area (Å²) in [4.78, 5) is 0. The standard InChI is InChI=1S/C12H18O/c1-3-10-5-7-12(8-6-10)11(4-2)9-13/h5-8,11,13H,3-4,9H2,1-2H3. The molecule has 0 aliphatic rings. The summed E-state index contributed by atoms with van der Waals surface area (Å²) in [7, 11) is 0. The first-order valence-corrected chi connectivity index (χ1v) is 5.01. The molecule has 1 nitrogen and oxygen atoms in total. The smallest absolute Gasteiger partial charge is 0.0499 e. The zero-order chi connectivity index (χ0) is 9.68. The molecule has 0 spiro atoms. The maximum Gasteiger partial charge on any atom is 0.0499 e. The molecule has 0 saturated heterocycles. The third kappa shape index (κ3) is 2.56. The van der Waals surface area contributed by atoms with E-state index < -0.39 is 0 Å². The largest absolute Gasteiger partial charge is 0.396 e. The van der Waals surface area contributed by atoms with Crippen molar-refractivity contribution in [1.82, 2.24) is 0 Å². The Morgan fingerprint density at radius 1 is 1.15 bits per heavy atom. The molecule has 1 unspecified atom stereocenters. The molecule has 1 rings (SSSR count). The maximum atomic E-state index is 9.11. The summed E-state index contributed by atoms with van der Waals surface area (Å²) in [5.74, 6) is 0.311. The molecule has 0 amide bonds. The van der Waals surface area contributed by atoms with Gasteiger partial charge in [0.25, 0.3) is 0 Å². The van der Waals surface area contributed by atoms with Crippen LogP contribution in [0.1, 0.15) is 37.3 Å². The second kappa shape index (κ2) is 5.03. The molecule has 0 radical (unpaired) electrons. The molecule has 0 aliphatic carbocycles. The van der Waals surface area contributed by atoms with Crippen molar-refractivity contribution in [3.05, 3.63) is 35.4 Å². The molecule has 0 heterocycles. The first kappa shape index (κ1) is 10.3. The monoisotopic (exact) mass is 178 g/mol. The van der Waals surface area contributed by atoms with Crippen molar-refractivity contribution in [3.8, 4) is 0 Å². The molecule has 1 atom stereocenters. The Hall–Kier alpha value is -0.820. The Bertz CT molecular complexity index is 234. The molecule has 13 heavy (non-hydrogen) atoms. The number of aliphatic hydroxyl groups is 1. The van der Waals surface area contributed by atoms with Crippen LogP contribution in [-0.4, -0.2) is 11.7 Å². The lowest BCUT2D eigenvalue weighted by Gasteiger charge is -2.11. The molecule has 1 heteroatoms. The third-order valence-corrected chi connectivity index (χ3v) is 2.57. The van der Waals surface area contributed by atoms with E-state index in [0.29, 0.717) is 5.92 Å². The van der Waals surface area contributed by atoms with Crippen molar-refractivity contribution in [2.75, 3.05) is 6.61 Å². The van der Waals surface area contributed by atoms with Gasteiger partial charge in [0.05, 0.1) is 0 Å². The zero-order valence-corrected chi connectivity index (χ0v) is 8.46. The number of aliphatic hydroxyl groups excluding tert-OH is 1. The Kier molecular flexibility index (Phi) is 3.97. The Balaban J connectivity index is 2.78. The minimum atomic E-state index is 0.252. The molecular formula is C12H18O. The second-order valence-corrected chi connectivity index (χ2v) is 3.38. The van der Waals surface area contributed by atoms with Crippen LogP contribution in [0.3, 0.4) is 0 Å². The molecule has 1 aromatic carbocycles. The lowest BCUT2D eigenvalue weighted by Crippen LogP contribution is -2.02. The van der Waals surface area contributed by atoms with Gasteiger partial charge in [-0.2, -0.15) is 0 Å². The van der Waals surface area contributed by atoms with Crippen LogP contribution in [0.15, 0.2) is 24.3 Å². The molecule has 0 bridgehead atoms. The van der Waals surface area contributed by atoms with Gasteiger partial charge < -0.3 is 5.11 Å². The quantitative estimate of drug-likeness (QED) is 0.751. The molecule has 0 saturated carbocycles. The van der Waals surface area contributed by atoms with Crippen molar-refractivity contribution in [2.24, 2.45) is 0 Å². The summed E-state index contributed by atoms with van der Waals surface area (Å²) in [6.45, 7) is 4.51. The Labute approximate surface area is 80.4 Å². The van der Waals surface area contributed by atoms with E-state index in [1.165, 1.54) is 11.1 Å². The fourth-order valence-corrected chi connectivity index (χ4v) is 1.50. The van der Waals surface area contributed by atoms with Gasteiger partial charge in [-0.1, -0.05) is 38.1 Å². The summed E-state index contributed by atoms with van der Waals surface area (Å²) in [6.07, 6.45) is 2.08. The van der Waals surface area contributed by atoms with Crippen LogP contribution < -0.4 is 0 Å². The average molecular weight is 178 g/mol. The predicted octanol–water partition coefficient (Wildman–Crippen LogP) is 2.73. The molecule has 0 aliphatic heterocycles. The third-order valence-electron chi connectivity index (χ3n) is 2.57. The Morgan fingerprint density at radius 3 is 2.15 bits per heavy atom. The molecule has 72 valence electrons. The van der Waals surface area contributed by atoms with Gasteiger partial charge in [0.1, 0.15) is 0 Å². The van der Waals surface area contributed by atoms with Gasteiger partial charge in [0, 0.05) is 12.5 Å². The van der Waals surface area contributed by atoms with Crippen LogP contribution in [0.4, 0.5) is 0 Å². The summed E-state index contributed by atoms with van der Waals surface area (Å²) < 4.78 is 0. The molecule has 1 N–H and O–H groups in total.